The molecule has 12 heteroatoms. The van der Waals surface area contributed by atoms with Crippen LogP contribution in [0, 0.1) is 25.5 Å². The van der Waals surface area contributed by atoms with Crippen LogP contribution >= 0.6 is 0 Å². The molecule has 2 amide bonds. The van der Waals surface area contributed by atoms with Crippen molar-refractivity contribution in [2.45, 2.75) is 77.3 Å². The molecule has 8 nitrogen and oxygen atoms in total. The zero-order valence-corrected chi connectivity index (χ0v) is 29.7. The van der Waals surface area contributed by atoms with Gasteiger partial charge < -0.3 is 5.32 Å². The van der Waals surface area contributed by atoms with Crippen molar-refractivity contribution in [3.8, 4) is 11.3 Å². The molecule has 0 bridgehead atoms. The van der Waals surface area contributed by atoms with Crippen LogP contribution in [0.3, 0.4) is 0 Å². The molecule has 0 spiro atoms. The number of alkyl halides is 2. The summed E-state index contributed by atoms with van der Waals surface area (Å²) in [5.74, 6) is -1.34. The number of likely N-dealkylation sites (tertiary alicyclic amines) is 1. The number of hydrogen-bond donors (Lipinski definition) is 2. The van der Waals surface area contributed by atoms with Crippen molar-refractivity contribution in [3.63, 3.8) is 0 Å². The number of fused-ring (bicyclic) bond motifs is 1. The van der Waals surface area contributed by atoms with Gasteiger partial charge in [0.15, 0.2) is 5.82 Å². The molecule has 53 heavy (non-hydrogen) atoms. The SMILES string of the molecule is Cc1cc(C2CCC(=O)NC2=O)ccc1C1CCN(Cc2cc(-c3cc4c(N[C@H](C)c5cccc(C(F)F)c5F)nnc(C)c4cn3)ccc2F)CC1. The number of hydrogen-bond acceptors (Lipinski definition) is 7. The Morgan fingerprint density at radius 2 is 1.70 bits per heavy atom. The number of aromatic nitrogens is 3. The van der Waals surface area contributed by atoms with Crippen LogP contribution in [0.4, 0.5) is 23.4 Å². The Balaban J connectivity index is 1.05. The zero-order chi connectivity index (χ0) is 37.4. The molecule has 2 aromatic heterocycles. The summed E-state index contributed by atoms with van der Waals surface area (Å²) < 4.78 is 57.0. The molecule has 4 heterocycles. The lowest BCUT2D eigenvalue weighted by Gasteiger charge is -2.33. The van der Waals surface area contributed by atoms with Crippen molar-refractivity contribution >= 4 is 28.4 Å². The maximum atomic E-state index is 15.3. The fraction of sp³-hybridized carbons (Fsp3) is 0.341. The van der Waals surface area contributed by atoms with E-state index < -0.39 is 23.8 Å². The second-order valence-electron chi connectivity index (χ2n) is 14.1. The minimum atomic E-state index is -2.94. The van der Waals surface area contributed by atoms with Gasteiger partial charge in [0.1, 0.15) is 11.6 Å². The Hall–Kier alpha value is -5.23. The van der Waals surface area contributed by atoms with Gasteiger partial charge in [0.25, 0.3) is 6.43 Å². The Bertz CT molecular complexity index is 2200. The lowest BCUT2D eigenvalue weighted by molar-refractivity contribution is -0.134. The molecule has 2 fully saturated rings. The van der Waals surface area contributed by atoms with Gasteiger partial charge in [0, 0.05) is 46.6 Å². The van der Waals surface area contributed by atoms with Crippen molar-refractivity contribution in [3.05, 3.63) is 118 Å². The Labute approximate surface area is 305 Å². The zero-order valence-electron chi connectivity index (χ0n) is 29.7. The van der Waals surface area contributed by atoms with Crippen molar-refractivity contribution in [1.82, 2.24) is 25.4 Å². The number of benzene rings is 3. The van der Waals surface area contributed by atoms with Gasteiger partial charge in [-0.1, -0.05) is 36.4 Å². The molecule has 2 saturated heterocycles. The fourth-order valence-corrected chi connectivity index (χ4v) is 7.67. The van der Waals surface area contributed by atoms with E-state index in [0.29, 0.717) is 64.4 Å². The third kappa shape index (κ3) is 7.50. The first-order chi connectivity index (χ1) is 25.5. The van der Waals surface area contributed by atoms with Crippen LogP contribution in [0.5, 0.6) is 0 Å². The van der Waals surface area contributed by atoms with Crippen LogP contribution in [0.1, 0.15) is 96.0 Å². The van der Waals surface area contributed by atoms with E-state index in [4.69, 9.17) is 0 Å². The number of piperidine rings is 2. The maximum absolute atomic E-state index is 15.3. The summed E-state index contributed by atoms with van der Waals surface area (Å²) in [5.41, 5.74) is 5.23. The van der Waals surface area contributed by atoms with Crippen LogP contribution in [-0.2, 0) is 16.1 Å². The van der Waals surface area contributed by atoms with Crippen LogP contribution in [0.2, 0.25) is 0 Å². The second kappa shape index (κ2) is 15.0. The molecule has 2 aliphatic heterocycles. The summed E-state index contributed by atoms with van der Waals surface area (Å²) in [6, 6.07) is 16.2. The van der Waals surface area contributed by atoms with E-state index in [0.717, 1.165) is 43.1 Å². The number of anilines is 1. The molecule has 0 aliphatic carbocycles. The van der Waals surface area contributed by atoms with E-state index in [2.05, 4.69) is 49.8 Å². The van der Waals surface area contributed by atoms with Crippen molar-refractivity contribution < 1.29 is 27.2 Å². The standard InChI is InChI=1S/C41H40F4N6O2/c1-22-17-26(31-10-12-37(52)48-41(31)53)7-9-29(22)25-13-15-51(16-14-25)21-28-18-27(8-11-35(28)42)36-19-33-34(20-46-36)24(3)49-50-40(33)47-23(2)30-5-4-6-32(38(30)43)39(44)45/h4-9,11,17-20,23,25,31,39H,10,12-16,21H2,1-3H3,(H,47,50)(H,48,52,53)/t23-,31?/m1/s1. The van der Waals surface area contributed by atoms with Crippen molar-refractivity contribution in [2.24, 2.45) is 0 Å². The summed E-state index contributed by atoms with van der Waals surface area (Å²) in [4.78, 5) is 30.9. The highest BCUT2D eigenvalue weighted by atomic mass is 19.3. The highest BCUT2D eigenvalue weighted by Gasteiger charge is 2.29. The lowest BCUT2D eigenvalue weighted by Crippen LogP contribution is -2.39. The number of nitrogens with one attached hydrogen (secondary N) is 2. The van der Waals surface area contributed by atoms with Gasteiger partial charge in [-0.05, 0) is 100.0 Å². The first kappa shape index (κ1) is 36.1. The number of amides is 2. The van der Waals surface area contributed by atoms with E-state index in [9.17, 15) is 22.8 Å². The fourth-order valence-electron chi connectivity index (χ4n) is 7.67. The van der Waals surface area contributed by atoms with Gasteiger partial charge in [-0.3, -0.25) is 24.8 Å². The smallest absolute Gasteiger partial charge is 0.266 e. The first-order valence-corrected chi connectivity index (χ1v) is 17.9. The number of pyridine rings is 1. The molecular formula is C41H40F4N6O2. The molecule has 2 atom stereocenters. The third-order valence-electron chi connectivity index (χ3n) is 10.7. The molecule has 3 aromatic carbocycles. The first-order valence-electron chi connectivity index (χ1n) is 17.9. The molecule has 2 N–H and O–H groups in total. The summed E-state index contributed by atoms with van der Waals surface area (Å²) in [6.07, 6.45) is 1.43. The van der Waals surface area contributed by atoms with E-state index in [1.165, 1.54) is 23.8 Å². The number of nitrogens with zero attached hydrogens (tertiary/aromatic N) is 4. The van der Waals surface area contributed by atoms with Crippen molar-refractivity contribution in [2.75, 3.05) is 18.4 Å². The third-order valence-corrected chi connectivity index (χ3v) is 10.7. The number of aryl methyl sites for hydroxylation is 2. The quantitative estimate of drug-likeness (QED) is 0.116. The minimum Gasteiger partial charge on any atom is -0.361 e. The van der Waals surface area contributed by atoms with E-state index in [1.54, 1.807) is 26.1 Å². The van der Waals surface area contributed by atoms with Crippen LogP contribution in [0.15, 0.2) is 66.9 Å². The van der Waals surface area contributed by atoms with Gasteiger partial charge in [0.05, 0.1) is 28.9 Å². The van der Waals surface area contributed by atoms with Gasteiger partial charge in [0.2, 0.25) is 11.8 Å². The highest BCUT2D eigenvalue weighted by molar-refractivity contribution is 6.01. The van der Waals surface area contributed by atoms with Gasteiger partial charge >= 0.3 is 0 Å². The van der Waals surface area contributed by atoms with Crippen LogP contribution in [-0.4, -0.2) is 45.0 Å². The molecule has 2 aliphatic rings. The predicted octanol–water partition coefficient (Wildman–Crippen LogP) is 8.60. The number of halogens is 4. The molecule has 5 aromatic rings. The minimum absolute atomic E-state index is 0.0811. The number of imide groups is 1. The number of rotatable bonds is 9. The van der Waals surface area contributed by atoms with Crippen molar-refractivity contribution in [1.29, 1.82) is 0 Å². The van der Waals surface area contributed by atoms with Gasteiger partial charge in [-0.2, -0.15) is 5.10 Å². The molecular weight excluding hydrogens is 684 g/mol. The summed E-state index contributed by atoms with van der Waals surface area (Å²) in [5, 5.41) is 15.5. The summed E-state index contributed by atoms with van der Waals surface area (Å²) in [7, 11) is 0. The monoisotopic (exact) mass is 724 g/mol. The largest absolute Gasteiger partial charge is 0.361 e. The average Bonchev–Trinajstić information content (AvgIpc) is 3.14. The normalized spacial score (nSPS) is 17.7. The van der Waals surface area contributed by atoms with E-state index >= 15 is 4.39 Å². The Morgan fingerprint density at radius 3 is 2.43 bits per heavy atom. The maximum Gasteiger partial charge on any atom is 0.266 e. The highest BCUT2D eigenvalue weighted by Crippen LogP contribution is 2.36. The lowest BCUT2D eigenvalue weighted by atomic mass is 9.83. The molecule has 274 valence electrons. The van der Waals surface area contributed by atoms with Gasteiger partial charge in [-0.15, -0.1) is 5.10 Å². The Kier molecular flexibility index (Phi) is 10.2. The Morgan fingerprint density at radius 1 is 0.925 bits per heavy atom. The summed E-state index contributed by atoms with van der Waals surface area (Å²) in [6.45, 7) is 7.56. The molecule has 0 radical (unpaired) electrons. The molecule has 1 unspecified atom stereocenters. The number of carbonyl (C=O) groups is 2. The van der Waals surface area contributed by atoms with Gasteiger partial charge in [-0.25, -0.2) is 17.6 Å². The second-order valence-corrected chi connectivity index (χ2v) is 14.1. The van der Waals surface area contributed by atoms with E-state index in [-0.39, 0.29) is 29.1 Å². The van der Waals surface area contributed by atoms with Crippen LogP contribution < -0.4 is 10.6 Å². The number of carbonyl (C=O) groups excluding carboxylic acids is 2. The molecule has 0 saturated carbocycles. The van der Waals surface area contributed by atoms with Crippen LogP contribution in [0.25, 0.3) is 22.0 Å². The predicted molar refractivity (Wildman–Crippen MR) is 194 cm³/mol. The average molecular weight is 725 g/mol. The summed E-state index contributed by atoms with van der Waals surface area (Å²) >= 11 is 0. The molecule has 7 rings (SSSR count). The topological polar surface area (TPSA) is 100 Å². The van der Waals surface area contributed by atoms with E-state index in [1.807, 2.05) is 18.2 Å².